The van der Waals surface area contributed by atoms with Gasteiger partial charge in [0, 0.05) is 22.3 Å². The third-order valence-corrected chi connectivity index (χ3v) is 6.00. The van der Waals surface area contributed by atoms with E-state index in [1.165, 1.54) is 20.9 Å². The molecule has 1 heterocycles. The fourth-order valence-electron chi connectivity index (χ4n) is 3.40. The predicted molar refractivity (Wildman–Crippen MR) is 119 cm³/mol. The molecule has 1 unspecified atom stereocenters. The molecule has 0 saturated carbocycles. The Bertz CT molecular complexity index is 1010. The number of nitrogens with zero attached hydrogens (tertiary/aromatic N) is 1. The number of hydrogen-bond donors (Lipinski definition) is 0. The number of esters is 1. The van der Waals surface area contributed by atoms with Gasteiger partial charge in [0.05, 0.1) is 5.97 Å². The second-order valence-electron chi connectivity index (χ2n) is 7.10. The zero-order chi connectivity index (χ0) is 21.7. The first-order valence-corrected chi connectivity index (χ1v) is 10.6. The number of aryl methyl sites for hydroxylation is 1. The Morgan fingerprint density at radius 2 is 1.81 bits per heavy atom. The number of carboxylic acids is 1. The minimum Gasteiger partial charge on any atom is -0.545 e. The molecule has 2 N–H and O–H groups in total. The molecule has 0 bridgehead atoms. The second kappa shape index (κ2) is 10.9. The summed E-state index contributed by atoms with van der Waals surface area (Å²) in [5.74, 6) is -2.15. The Labute approximate surface area is 186 Å². The van der Waals surface area contributed by atoms with E-state index in [9.17, 15) is 14.7 Å². The number of ether oxygens (including phenoxy) is 1. The van der Waals surface area contributed by atoms with Gasteiger partial charge in [-0.1, -0.05) is 55.1 Å². The van der Waals surface area contributed by atoms with Crippen molar-refractivity contribution in [3.8, 4) is 0 Å². The summed E-state index contributed by atoms with van der Waals surface area (Å²) in [5, 5.41) is 10.5. The van der Waals surface area contributed by atoms with Gasteiger partial charge in [0.15, 0.2) is 6.23 Å². The topological polar surface area (TPSA) is 101 Å². The van der Waals surface area contributed by atoms with Gasteiger partial charge in [0.2, 0.25) is 0 Å². The van der Waals surface area contributed by atoms with Gasteiger partial charge < -0.3 is 20.1 Å². The van der Waals surface area contributed by atoms with Crippen molar-refractivity contribution in [2.24, 2.45) is 0 Å². The summed E-state index contributed by atoms with van der Waals surface area (Å²) in [6, 6.07) is 14.7. The molecule has 3 rings (SSSR count). The Balaban J connectivity index is 0.00000341. The molecule has 0 saturated heterocycles. The molecule has 0 spiro atoms. The van der Waals surface area contributed by atoms with Gasteiger partial charge in [-0.3, -0.25) is 4.90 Å². The van der Waals surface area contributed by atoms with E-state index in [0.29, 0.717) is 12.5 Å². The second-order valence-corrected chi connectivity index (χ2v) is 8.19. The Morgan fingerprint density at radius 3 is 2.48 bits per heavy atom. The number of benzene rings is 2. The highest BCUT2D eigenvalue weighted by Crippen LogP contribution is 2.46. The van der Waals surface area contributed by atoms with Crippen LogP contribution in [0.15, 0.2) is 70.5 Å². The largest absolute Gasteiger partial charge is 0.545 e. The lowest BCUT2D eigenvalue weighted by Gasteiger charge is -2.26. The number of carbonyl (C=O) groups excluding carboxylic acids is 2. The van der Waals surface area contributed by atoms with E-state index in [2.05, 4.69) is 43.3 Å². The molecule has 2 aromatic rings. The predicted octanol–water partition coefficient (Wildman–Crippen LogP) is 2.45. The lowest BCUT2D eigenvalue weighted by molar-refractivity contribution is -0.297. The Kier molecular flexibility index (Phi) is 8.62. The smallest absolute Gasteiger partial charge is 0.332 e. The van der Waals surface area contributed by atoms with Crippen LogP contribution >= 0.6 is 11.8 Å². The maximum absolute atomic E-state index is 12.0. The van der Waals surface area contributed by atoms with Crippen LogP contribution in [0.5, 0.6) is 0 Å². The van der Waals surface area contributed by atoms with Crippen molar-refractivity contribution in [1.29, 1.82) is 0 Å². The molecular weight excluding hydrogens is 414 g/mol. The fraction of sp³-hybridized carbons (Fsp3) is 0.250. The highest BCUT2D eigenvalue weighted by Gasteiger charge is 2.23. The first-order chi connectivity index (χ1) is 14.4. The van der Waals surface area contributed by atoms with Crippen LogP contribution < -0.4 is 5.11 Å². The SMILES string of the molecule is CCc1cccc2c1/C(=C/CC(OC(=O)/C=C/C(=O)[O-])N(C)C)c1ccccc1S2.O. The van der Waals surface area contributed by atoms with Crippen LogP contribution in [0.1, 0.15) is 30.0 Å². The van der Waals surface area contributed by atoms with Crippen LogP contribution in [-0.4, -0.2) is 42.6 Å². The van der Waals surface area contributed by atoms with Crippen LogP contribution in [0.3, 0.4) is 0 Å². The summed E-state index contributed by atoms with van der Waals surface area (Å²) >= 11 is 1.77. The third kappa shape index (κ3) is 5.85. The fourth-order valence-corrected chi connectivity index (χ4v) is 4.56. The van der Waals surface area contributed by atoms with Crippen molar-refractivity contribution < 1.29 is 24.9 Å². The average molecular weight is 441 g/mol. The van der Waals surface area contributed by atoms with E-state index >= 15 is 0 Å². The molecule has 1 atom stereocenters. The van der Waals surface area contributed by atoms with E-state index < -0.39 is 18.2 Å². The average Bonchev–Trinajstić information content (AvgIpc) is 2.73. The molecule has 0 amide bonds. The van der Waals surface area contributed by atoms with Gasteiger partial charge in [-0.2, -0.15) is 0 Å². The minimum absolute atomic E-state index is 0. The highest BCUT2D eigenvalue weighted by molar-refractivity contribution is 7.99. The number of carbonyl (C=O) groups is 2. The van der Waals surface area contributed by atoms with Crippen molar-refractivity contribution in [3.63, 3.8) is 0 Å². The number of hydrogen-bond acceptors (Lipinski definition) is 6. The molecule has 6 nitrogen and oxygen atoms in total. The molecule has 0 radical (unpaired) electrons. The van der Waals surface area contributed by atoms with E-state index in [0.717, 1.165) is 23.6 Å². The van der Waals surface area contributed by atoms with Crippen LogP contribution in [0.25, 0.3) is 5.57 Å². The van der Waals surface area contributed by atoms with Gasteiger partial charge in [-0.15, -0.1) is 0 Å². The molecule has 0 aromatic heterocycles. The van der Waals surface area contributed by atoms with Crippen LogP contribution in [0.2, 0.25) is 0 Å². The van der Waals surface area contributed by atoms with Crippen LogP contribution in [-0.2, 0) is 20.7 Å². The van der Waals surface area contributed by atoms with Crippen molar-refractivity contribution in [2.45, 2.75) is 35.8 Å². The standard InChI is InChI=1S/C24H25NO4S.H2O/c1-4-16-8-7-11-20-24(16)18(17-9-5-6-10-19(17)30-20)12-13-21(25(2)3)29-23(28)15-14-22(26)27;/h5-12,14-15,21H,4,13H2,1-3H3,(H,26,27);1H2/p-1/b15-14+,18-12+;. The molecule has 1 aliphatic rings. The summed E-state index contributed by atoms with van der Waals surface area (Å²) in [5.41, 5.74) is 4.79. The van der Waals surface area contributed by atoms with Gasteiger partial charge in [0.25, 0.3) is 0 Å². The normalized spacial score (nSPS) is 14.6. The Hall–Kier alpha value is -2.87. The summed E-state index contributed by atoms with van der Waals surface area (Å²) in [6.45, 7) is 2.15. The molecule has 31 heavy (non-hydrogen) atoms. The van der Waals surface area contributed by atoms with Crippen molar-refractivity contribution in [3.05, 3.63) is 77.4 Å². The van der Waals surface area contributed by atoms with E-state index in [1.807, 2.05) is 26.2 Å². The summed E-state index contributed by atoms with van der Waals surface area (Å²) in [6.07, 6.45) is 4.50. The van der Waals surface area contributed by atoms with Crippen molar-refractivity contribution in [1.82, 2.24) is 4.90 Å². The zero-order valence-corrected chi connectivity index (χ0v) is 18.6. The molecular formula is C24H26NO5S-. The summed E-state index contributed by atoms with van der Waals surface area (Å²) < 4.78 is 5.45. The third-order valence-electron chi connectivity index (χ3n) is 4.87. The highest BCUT2D eigenvalue weighted by atomic mass is 32.2. The number of rotatable bonds is 7. The monoisotopic (exact) mass is 440 g/mol. The van der Waals surface area contributed by atoms with Crippen molar-refractivity contribution >= 4 is 29.3 Å². The molecule has 2 aromatic carbocycles. The summed E-state index contributed by atoms with van der Waals surface area (Å²) in [4.78, 5) is 26.7. The van der Waals surface area contributed by atoms with Crippen molar-refractivity contribution in [2.75, 3.05) is 14.1 Å². The molecule has 164 valence electrons. The first kappa shape index (κ1) is 24.4. The first-order valence-electron chi connectivity index (χ1n) is 9.76. The maximum atomic E-state index is 12.0. The molecule has 0 fully saturated rings. The maximum Gasteiger partial charge on any atom is 0.332 e. The number of carboxylic acid groups (broad SMARTS) is 1. The van der Waals surface area contributed by atoms with Crippen LogP contribution in [0.4, 0.5) is 0 Å². The molecule has 1 aliphatic heterocycles. The van der Waals surface area contributed by atoms with Gasteiger partial charge in [-0.05, 0) is 61.0 Å². The van der Waals surface area contributed by atoms with Gasteiger partial charge in [-0.25, -0.2) is 4.79 Å². The number of aliphatic carboxylic acids is 1. The number of fused-ring (bicyclic) bond motifs is 2. The lowest BCUT2D eigenvalue weighted by Crippen LogP contribution is -2.32. The lowest BCUT2D eigenvalue weighted by atomic mass is 9.91. The quantitative estimate of drug-likeness (QED) is 0.318. The van der Waals surface area contributed by atoms with Crippen LogP contribution in [0, 0.1) is 0 Å². The Morgan fingerprint density at radius 1 is 1.10 bits per heavy atom. The minimum atomic E-state index is -1.43. The van der Waals surface area contributed by atoms with Gasteiger partial charge >= 0.3 is 5.97 Å². The van der Waals surface area contributed by atoms with E-state index in [4.69, 9.17) is 4.74 Å². The van der Waals surface area contributed by atoms with E-state index in [1.54, 1.807) is 16.7 Å². The zero-order valence-electron chi connectivity index (χ0n) is 17.8. The molecule has 7 heteroatoms. The van der Waals surface area contributed by atoms with Gasteiger partial charge in [0.1, 0.15) is 0 Å². The molecule has 0 aliphatic carbocycles. The van der Waals surface area contributed by atoms with E-state index in [-0.39, 0.29) is 5.48 Å². The summed E-state index contributed by atoms with van der Waals surface area (Å²) in [7, 11) is 3.63.